The number of hydrogen-bond acceptors (Lipinski definition) is 6. The summed E-state index contributed by atoms with van der Waals surface area (Å²) in [5, 5.41) is 6.17. The van der Waals surface area contributed by atoms with Gasteiger partial charge in [0.15, 0.2) is 11.6 Å². The van der Waals surface area contributed by atoms with E-state index in [9.17, 15) is 8.78 Å². The first-order valence-corrected chi connectivity index (χ1v) is 8.41. The lowest BCUT2D eigenvalue weighted by atomic mass is 10.2. The fourth-order valence-electron chi connectivity index (χ4n) is 2.37. The summed E-state index contributed by atoms with van der Waals surface area (Å²) in [6.07, 6.45) is 3.38. The van der Waals surface area contributed by atoms with Crippen molar-refractivity contribution >= 4 is 17.5 Å². The van der Waals surface area contributed by atoms with Crippen LogP contribution in [0.2, 0.25) is 0 Å². The zero-order valence-corrected chi connectivity index (χ0v) is 15.1. The van der Waals surface area contributed by atoms with Gasteiger partial charge in [-0.05, 0) is 38.4 Å². The van der Waals surface area contributed by atoms with E-state index in [4.69, 9.17) is 0 Å². The molecule has 27 heavy (non-hydrogen) atoms. The van der Waals surface area contributed by atoms with E-state index in [1.807, 2.05) is 31.1 Å². The third-order valence-corrected chi connectivity index (χ3v) is 3.72. The molecule has 0 unspecified atom stereocenters. The van der Waals surface area contributed by atoms with E-state index in [2.05, 4.69) is 25.6 Å². The molecule has 6 nitrogen and oxygen atoms in total. The number of nitrogens with zero attached hydrogens (tertiary/aromatic N) is 4. The first-order valence-electron chi connectivity index (χ1n) is 8.41. The van der Waals surface area contributed by atoms with Gasteiger partial charge in [0.2, 0.25) is 5.95 Å². The number of rotatable bonds is 7. The normalized spacial score (nSPS) is 10.9. The van der Waals surface area contributed by atoms with E-state index < -0.39 is 11.6 Å². The molecule has 0 saturated carbocycles. The molecule has 0 saturated heterocycles. The quantitative estimate of drug-likeness (QED) is 0.663. The van der Waals surface area contributed by atoms with E-state index in [1.54, 1.807) is 18.5 Å². The summed E-state index contributed by atoms with van der Waals surface area (Å²) in [4.78, 5) is 15.1. The maximum atomic E-state index is 13.5. The van der Waals surface area contributed by atoms with Gasteiger partial charge in [-0.2, -0.15) is 4.98 Å². The van der Waals surface area contributed by atoms with Crippen molar-refractivity contribution in [3.05, 3.63) is 60.4 Å². The van der Waals surface area contributed by atoms with E-state index in [-0.39, 0.29) is 0 Å². The smallest absolute Gasteiger partial charge is 0.225 e. The second-order valence-electron chi connectivity index (χ2n) is 6.19. The zero-order chi connectivity index (χ0) is 19.2. The Morgan fingerprint density at radius 1 is 1.04 bits per heavy atom. The van der Waals surface area contributed by atoms with E-state index >= 15 is 0 Å². The number of aromatic nitrogens is 3. The topological polar surface area (TPSA) is 66.0 Å². The standard InChI is InChI=1S/C19H20F2N6/c1-27(2)9-8-23-19-25-17(13-4-3-7-22-12-13)11-18(26-19)24-14-5-6-15(20)16(21)10-14/h3-7,10-12H,8-9H2,1-2H3,(H2,23,24,25,26). The molecule has 8 heteroatoms. The van der Waals surface area contributed by atoms with E-state index in [0.29, 0.717) is 29.7 Å². The third kappa shape index (κ3) is 5.18. The predicted octanol–water partition coefficient (Wildman–Crippen LogP) is 3.53. The Morgan fingerprint density at radius 3 is 2.59 bits per heavy atom. The lowest BCUT2D eigenvalue weighted by molar-refractivity contribution is 0.425. The number of nitrogens with one attached hydrogen (secondary N) is 2. The molecule has 2 N–H and O–H groups in total. The van der Waals surface area contributed by atoms with Crippen LogP contribution in [-0.2, 0) is 0 Å². The third-order valence-electron chi connectivity index (χ3n) is 3.72. The fourth-order valence-corrected chi connectivity index (χ4v) is 2.37. The molecule has 0 aliphatic heterocycles. The lowest BCUT2D eigenvalue weighted by Gasteiger charge is -2.13. The first kappa shape index (κ1) is 18.7. The zero-order valence-electron chi connectivity index (χ0n) is 15.1. The minimum Gasteiger partial charge on any atom is -0.353 e. The van der Waals surface area contributed by atoms with Crippen LogP contribution in [0.1, 0.15) is 0 Å². The molecule has 0 amide bonds. The van der Waals surface area contributed by atoms with Crippen LogP contribution in [0.4, 0.5) is 26.2 Å². The summed E-state index contributed by atoms with van der Waals surface area (Å²) in [7, 11) is 3.95. The van der Waals surface area contributed by atoms with Crippen LogP contribution >= 0.6 is 0 Å². The monoisotopic (exact) mass is 370 g/mol. The number of benzene rings is 1. The van der Waals surface area contributed by atoms with Gasteiger partial charge in [0.25, 0.3) is 0 Å². The van der Waals surface area contributed by atoms with Crippen molar-refractivity contribution in [2.75, 3.05) is 37.8 Å². The summed E-state index contributed by atoms with van der Waals surface area (Å²) in [6.45, 7) is 1.47. The molecule has 0 atom stereocenters. The highest BCUT2D eigenvalue weighted by Crippen LogP contribution is 2.24. The van der Waals surface area contributed by atoms with Crippen LogP contribution in [-0.4, -0.2) is 47.0 Å². The highest BCUT2D eigenvalue weighted by atomic mass is 19.2. The molecule has 0 aliphatic carbocycles. The maximum Gasteiger partial charge on any atom is 0.225 e. The number of likely N-dealkylation sites (N-methyl/N-ethyl adjacent to an activating group) is 1. The second kappa shape index (κ2) is 8.50. The molecule has 0 aliphatic rings. The van der Waals surface area contributed by atoms with Gasteiger partial charge in [-0.25, -0.2) is 13.8 Å². The van der Waals surface area contributed by atoms with Crippen LogP contribution < -0.4 is 10.6 Å². The second-order valence-corrected chi connectivity index (χ2v) is 6.19. The van der Waals surface area contributed by atoms with Gasteiger partial charge < -0.3 is 15.5 Å². The molecule has 1 aromatic carbocycles. The van der Waals surface area contributed by atoms with Gasteiger partial charge in [-0.1, -0.05) is 0 Å². The Kier molecular flexibility index (Phi) is 5.87. The van der Waals surface area contributed by atoms with Crippen molar-refractivity contribution in [3.63, 3.8) is 0 Å². The molecule has 2 aromatic heterocycles. The molecule has 0 spiro atoms. The molecular formula is C19H20F2N6. The van der Waals surface area contributed by atoms with Gasteiger partial charge in [0.05, 0.1) is 5.69 Å². The van der Waals surface area contributed by atoms with Crippen LogP contribution in [0.15, 0.2) is 48.8 Å². The Balaban J connectivity index is 1.90. The molecule has 3 aromatic rings. The van der Waals surface area contributed by atoms with Crippen molar-refractivity contribution in [2.45, 2.75) is 0 Å². The van der Waals surface area contributed by atoms with Crippen molar-refractivity contribution in [2.24, 2.45) is 0 Å². The van der Waals surface area contributed by atoms with Crippen molar-refractivity contribution in [3.8, 4) is 11.3 Å². The Labute approximate surface area is 156 Å². The Bertz CT molecular complexity index is 902. The number of anilines is 3. The molecule has 2 heterocycles. The predicted molar refractivity (Wildman–Crippen MR) is 102 cm³/mol. The van der Waals surface area contributed by atoms with Crippen LogP contribution in [0, 0.1) is 11.6 Å². The average Bonchev–Trinajstić information content (AvgIpc) is 2.65. The van der Waals surface area contributed by atoms with Gasteiger partial charge in [0.1, 0.15) is 5.82 Å². The highest BCUT2D eigenvalue weighted by molar-refractivity contribution is 5.66. The minimum absolute atomic E-state index is 0.393. The number of halogens is 2. The van der Waals surface area contributed by atoms with Crippen molar-refractivity contribution in [1.29, 1.82) is 0 Å². The molecule has 0 fully saturated rings. The van der Waals surface area contributed by atoms with Crippen LogP contribution in [0.5, 0.6) is 0 Å². The summed E-state index contributed by atoms with van der Waals surface area (Å²) < 4.78 is 26.6. The Morgan fingerprint density at radius 2 is 1.89 bits per heavy atom. The van der Waals surface area contributed by atoms with Crippen LogP contribution in [0.25, 0.3) is 11.3 Å². The molecule has 3 rings (SSSR count). The van der Waals surface area contributed by atoms with Crippen molar-refractivity contribution in [1.82, 2.24) is 19.9 Å². The maximum absolute atomic E-state index is 13.5. The van der Waals surface area contributed by atoms with Gasteiger partial charge in [0, 0.05) is 48.9 Å². The van der Waals surface area contributed by atoms with Gasteiger partial charge >= 0.3 is 0 Å². The summed E-state index contributed by atoms with van der Waals surface area (Å²) in [5.74, 6) is -0.929. The molecule has 0 bridgehead atoms. The van der Waals surface area contributed by atoms with Gasteiger partial charge in [-0.15, -0.1) is 0 Å². The summed E-state index contributed by atoms with van der Waals surface area (Å²) in [5.41, 5.74) is 1.88. The molecule has 140 valence electrons. The first-order chi connectivity index (χ1) is 13.0. The minimum atomic E-state index is -0.925. The largest absolute Gasteiger partial charge is 0.353 e. The summed E-state index contributed by atoms with van der Waals surface area (Å²) >= 11 is 0. The Hall–Kier alpha value is -3.13. The molecular weight excluding hydrogens is 350 g/mol. The van der Waals surface area contributed by atoms with Crippen LogP contribution in [0.3, 0.4) is 0 Å². The summed E-state index contributed by atoms with van der Waals surface area (Å²) in [6, 6.07) is 9.04. The fraction of sp³-hybridized carbons (Fsp3) is 0.211. The average molecular weight is 370 g/mol. The lowest BCUT2D eigenvalue weighted by Crippen LogP contribution is -2.21. The highest BCUT2D eigenvalue weighted by Gasteiger charge is 2.09. The van der Waals surface area contributed by atoms with Gasteiger partial charge in [-0.3, -0.25) is 4.98 Å². The number of hydrogen-bond donors (Lipinski definition) is 2. The van der Waals surface area contributed by atoms with E-state index in [1.165, 1.54) is 6.07 Å². The SMILES string of the molecule is CN(C)CCNc1nc(Nc2ccc(F)c(F)c2)cc(-c2cccnc2)n1. The van der Waals surface area contributed by atoms with E-state index in [0.717, 1.165) is 24.2 Å². The number of pyridine rings is 1. The van der Waals surface area contributed by atoms with Crippen molar-refractivity contribution < 1.29 is 8.78 Å². The molecule has 0 radical (unpaired) electrons.